The minimum Gasteiger partial charge on any atom is -0.480 e. The first kappa shape index (κ1) is 13.4. The van der Waals surface area contributed by atoms with Gasteiger partial charge >= 0.3 is 5.97 Å². The molecule has 3 saturated carbocycles. The van der Waals surface area contributed by atoms with Crippen molar-refractivity contribution in [2.75, 3.05) is 19.6 Å². The zero-order valence-electron chi connectivity index (χ0n) is 11.9. The van der Waals surface area contributed by atoms with Crippen molar-refractivity contribution in [1.82, 2.24) is 10.2 Å². The van der Waals surface area contributed by atoms with E-state index < -0.39 is 11.5 Å². The largest absolute Gasteiger partial charge is 0.480 e. The summed E-state index contributed by atoms with van der Waals surface area (Å²) < 4.78 is 0. The highest BCUT2D eigenvalue weighted by atomic mass is 16.4. The van der Waals surface area contributed by atoms with Gasteiger partial charge in [-0.25, -0.2) is 0 Å². The van der Waals surface area contributed by atoms with Crippen LogP contribution < -0.4 is 5.32 Å². The van der Waals surface area contributed by atoms with Crippen LogP contribution in [0.2, 0.25) is 0 Å². The lowest BCUT2D eigenvalue weighted by molar-refractivity contribution is -0.145. The van der Waals surface area contributed by atoms with Crippen molar-refractivity contribution >= 4 is 5.97 Å². The summed E-state index contributed by atoms with van der Waals surface area (Å²) in [6.07, 6.45) is 7.60. The first-order chi connectivity index (χ1) is 9.05. The van der Waals surface area contributed by atoms with Crippen LogP contribution in [0.4, 0.5) is 0 Å². The van der Waals surface area contributed by atoms with Crippen LogP contribution in [-0.4, -0.2) is 47.2 Å². The molecule has 4 heteroatoms. The molecule has 3 aliphatic rings. The standard InChI is InChI=1S/C15H26N2O2/c1-15(14(18)19,16-13-6-7-13)10-17(8-11-2-3-11)9-12-4-5-12/h11-13,16H,2-10H2,1H3,(H,18,19). The fourth-order valence-corrected chi connectivity index (χ4v) is 2.84. The van der Waals surface area contributed by atoms with Gasteiger partial charge in [0.15, 0.2) is 0 Å². The summed E-state index contributed by atoms with van der Waals surface area (Å²) in [5, 5.41) is 12.9. The third kappa shape index (κ3) is 3.93. The van der Waals surface area contributed by atoms with Crippen LogP contribution in [0.1, 0.15) is 45.4 Å². The predicted octanol–water partition coefficient (Wildman–Crippen LogP) is 1.70. The van der Waals surface area contributed by atoms with Crippen molar-refractivity contribution in [2.45, 2.75) is 57.0 Å². The zero-order valence-corrected chi connectivity index (χ0v) is 11.9. The van der Waals surface area contributed by atoms with Crippen molar-refractivity contribution in [3.05, 3.63) is 0 Å². The van der Waals surface area contributed by atoms with Crippen molar-refractivity contribution < 1.29 is 9.90 Å². The number of rotatable bonds is 9. The number of carbonyl (C=O) groups is 1. The Morgan fingerprint density at radius 1 is 1.16 bits per heavy atom. The molecule has 0 saturated heterocycles. The van der Waals surface area contributed by atoms with Crippen LogP contribution >= 0.6 is 0 Å². The van der Waals surface area contributed by atoms with Gasteiger partial charge in [0, 0.05) is 25.7 Å². The lowest BCUT2D eigenvalue weighted by Gasteiger charge is -2.33. The lowest BCUT2D eigenvalue weighted by atomic mass is 10.0. The molecule has 3 aliphatic carbocycles. The van der Waals surface area contributed by atoms with Crippen LogP contribution in [0.25, 0.3) is 0 Å². The van der Waals surface area contributed by atoms with Crippen molar-refractivity contribution in [2.24, 2.45) is 11.8 Å². The molecule has 0 aromatic rings. The molecule has 3 rings (SSSR count). The van der Waals surface area contributed by atoms with Gasteiger partial charge in [-0.05, 0) is 57.3 Å². The normalized spacial score (nSPS) is 26.4. The monoisotopic (exact) mass is 266 g/mol. The van der Waals surface area contributed by atoms with Crippen LogP contribution in [0.3, 0.4) is 0 Å². The number of nitrogens with one attached hydrogen (secondary N) is 1. The van der Waals surface area contributed by atoms with E-state index >= 15 is 0 Å². The van der Waals surface area contributed by atoms with Gasteiger partial charge in [0.1, 0.15) is 5.54 Å². The fraction of sp³-hybridized carbons (Fsp3) is 0.933. The highest BCUT2D eigenvalue weighted by Gasteiger charge is 2.41. The van der Waals surface area contributed by atoms with E-state index in [0.717, 1.165) is 37.8 Å². The summed E-state index contributed by atoms with van der Waals surface area (Å²) in [6.45, 7) is 4.73. The van der Waals surface area contributed by atoms with Gasteiger partial charge in [-0.2, -0.15) is 0 Å². The topological polar surface area (TPSA) is 52.6 Å². The Labute approximate surface area is 115 Å². The molecule has 19 heavy (non-hydrogen) atoms. The Kier molecular flexibility index (Phi) is 3.56. The van der Waals surface area contributed by atoms with Crippen LogP contribution in [0, 0.1) is 11.8 Å². The van der Waals surface area contributed by atoms with Gasteiger partial charge in [0.2, 0.25) is 0 Å². The quantitative estimate of drug-likeness (QED) is 0.667. The summed E-state index contributed by atoms with van der Waals surface area (Å²) >= 11 is 0. The molecule has 4 nitrogen and oxygen atoms in total. The number of hydrogen-bond donors (Lipinski definition) is 2. The predicted molar refractivity (Wildman–Crippen MR) is 74.1 cm³/mol. The second-order valence-corrected chi connectivity index (χ2v) is 7.14. The molecule has 3 fully saturated rings. The molecule has 2 N–H and O–H groups in total. The fourth-order valence-electron chi connectivity index (χ4n) is 2.84. The minimum absolute atomic E-state index is 0.435. The van der Waals surface area contributed by atoms with Gasteiger partial charge in [0.25, 0.3) is 0 Å². The van der Waals surface area contributed by atoms with E-state index in [-0.39, 0.29) is 0 Å². The maximum absolute atomic E-state index is 11.6. The summed E-state index contributed by atoms with van der Waals surface area (Å²) in [7, 11) is 0. The number of carboxylic acid groups (broad SMARTS) is 1. The summed E-state index contributed by atoms with van der Waals surface area (Å²) in [5.74, 6) is 0.964. The second-order valence-electron chi connectivity index (χ2n) is 7.14. The van der Waals surface area contributed by atoms with E-state index in [4.69, 9.17) is 0 Å². The molecular formula is C15H26N2O2. The number of carboxylic acids is 1. The summed E-state index contributed by atoms with van der Waals surface area (Å²) in [5.41, 5.74) is -0.773. The highest BCUT2D eigenvalue weighted by molar-refractivity contribution is 5.78. The zero-order chi connectivity index (χ0) is 13.5. The van der Waals surface area contributed by atoms with Gasteiger partial charge in [0.05, 0.1) is 0 Å². The van der Waals surface area contributed by atoms with E-state index in [9.17, 15) is 9.90 Å². The molecule has 1 unspecified atom stereocenters. The van der Waals surface area contributed by atoms with Gasteiger partial charge in [-0.1, -0.05) is 0 Å². The first-order valence-corrected chi connectivity index (χ1v) is 7.78. The lowest BCUT2D eigenvalue weighted by Crippen LogP contribution is -2.58. The molecule has 108 valence electrons. The third-order valence-corrected chi connectivity index (χ3v) is 4.54. The Morgan fingerprint density at radius 2 is 1.68 bits per heavy atom. The number of nitrogens with zero attached hydrogens (tertiary/aromatic N) is 1. The molecule has 1 atom stereocenters. The number of hydrogen-bond acceptors (Lipinski definition) is 3. The molecular weight excluding hydrogens is 240 g/mol. The average molecular weight is 266 g/mol. The maximum Gasteiger partial charge on any atom is 0.324 e. The SMILES string of the molecule is CC(CN(CC1CC1)CC1CC1)(NC1CC1)C(=O)O. The van der Waals surface area contributed by atoms with Gasteiger partial charge in [-0.15, -0.1) is 0 Å². The molecule has 0 spiro atoms. The first-order valence-electron chi connectivity index (χ1n) is 7.78. The molecule has 0 bridgehead atoms. The van der Waals surface area contributed by atoms with E-state index in [1.54, 1.807) is 0 Å². The van der Waals surface area contributed by atoms with E-state index in [1.807, 2.05) is 6.92 Å². The molecule has 0 aromatic heterocycles. The smallest absolute Gasteiger partial charge is 0.324 e. The highest BCUT2D eigenvalue weighted by Crippen LogP contribution is 2.34. The Hall–Kier alpha value is -0.610. The Balaban J connectivity index is 1.59. The van der Waals surface area contributed by atoms with Crippen LogP contribution in [0.15, 0.2) is 0 Å². The third-order valence-electron chi connectivity index (χ3n) is 4.54. The minimum atomic E-state index is -0.773. The van der Waals surface area contributed by atoms with Crippen molar-refractivity contribution in [3.63, 3.8) is 0 Å². The average Bonchev–Trinajstić information content (AvgIpc) is 3.16. The summed E-state index contributed by atoms with van der Waals surface area (Å²) in [4.78, 5) is 14.0. The van der Waals surface area contributed by atoms with E-state index in [1.165, 1.54) is 25.7 Å². The molecule has 0 amide bonds. The molecule has 0 heterocycles. The second kappa shape index (κ2) is 5.06. The van der Waals surface area contributed by atoms with E-state index in [2.05, 4.69) is 10.2 Å². The molecule has 0 radical (unpaired) electrons. The number of aliphatic carboxylic acids is 1. The van der Waals surface area contributed by atoms with Crippen LogP contribution in [0.5, 0.6) is 0 Å². The molecule has 0 aromatic carbocycles. The molecule has 0 aliphatic heterocycles. The van der Waals surface area contributed by atoms with Crippen LogP contribution in [-0.2, 0) is 4.79 Å². The van der Waals surface area contributed by atoms with Gasteiger partial charge < -0.3 is 10.0 Å². The Morgan fingerprint density at radius 3 is 2.05 bits per heavy atom. The van der Waals surface area contributed by atoms with Crippen molar-refractivity contribution in [3.8, 4) is 0 Å². The maximum atomic E-state index is 11.6. The van der Waals surface area contributed by atoms with Gasteiger partial charge in [-0.3, -0.25) is 10.1 Å². The Bertz CT molecular complexity index is 334. The van der Waals surface area contributed by atoms with Crippen molar-refractivity contribution in [1.29, 1.82) is 0 Å². The summed E-state index contributed by atoms with van der Waals surface area (Å²) in [6, 6.07) is 0.435. The van der Waals surface area contributed by atoms with E-state index in [0.29, 0.717) is 12.6 Å².